The minimum Gasteiger partial charge on any atom is -0.507 e. The molecule has 2 N–H and O–H groups in total. The fourth-order valence-electron chi connectivity index (χ4n) is 3.43. The summed E-state index contributed by atoms with van der Waals surface area (Å²) in [4.78, 5) is 21.0. The highest BCUT2D eigenvalue weighted by Gasteiger charge is 2.37. The Morgan fingerprint density at radius 2 is 2.16 bits per heavy atom. The minimum atomic E-state index is -0.473. The Kier molecular flexibility index (Phi) is 5.07. The van der Waals surface area contributed by atoms with Crippen LogP contribution in [0.3, 0.4) is 0 Å². The first kappa shape index (κ1) is 18.4. The number of hydrogen-bond acceptors (Lipinski definition) is 5. The number of carbonyl (C=O) groups excluding carboxylic acids is 1. The second-order valence-electron chi connectivity index (χ2n) is 6.58. The van der Waals surface area contributed by atoms with Gasteiger partial charge in [0.1, 0.15) is 12.3 Å². The summed E-state index contributed by atoms with van der Waals surface area (Å²) in [5.41, 5.74) is 3.82. The highest BCUT2D eigenvalue weighted by Crippen LogP contribution is 2.46. The standard InChI is InChI=1S/C19H22N4O2/c1-11(21-4)16-17(22-5)12-6-7-14(24)15(18(25)23-9-8-20)13(12)10-19(16,2)3/h6-7,24H,5,9-10H2,1-4H3,(H,23,25). The highest BCUT2D eigenvalue weighted by molar-refractivity contribution is 6.08. The van der Waals surface area contributed by atoms with E-state index >= 15 is 0 Å². The van der Waals surface area contributed by atoms with Crippen molar-refractivity contribution in [2.45, 2.75) is 27.2 Å². The van der Waals surface area contributed by atoms with Crippen LogP contribution >= 0.6 is 0 Å². The topological polar surface area (TPSA) is 97.8 Å². The number of amides is 1. The molecule has 1 aliphatic carbocycles. The summed E-state index contributed by atoms with van der Waals surface area (Å²) in [6, 6.07) is 5.08. The molecule has 0 radical (unpaired) electrons. The van der Waals surface area contributed by atoms with E-state index in [0.717, 1.165) is 16.8 Å². The summed E-state index contributed by atoms with van der Waals surface area (Å²) in [5, 5.41) is 21.4. The number of rotatable bonds is 4. The monoisotopic (exact) mass is 338 g/mol. The molecule has 130 valence electrons. The van der Waals surface area contributed by atoms with Gasteiger partial charge in [-0.25, -0.2) is 0 Å². The van der Waals surface area contributed by atoms with E-state index in [2.05, 4.69) is 22.0 Å². The maximum absolute atomic E-state index is 12.5. The zero-order valence-corrected chi connectivity index (χ0v) is 15.0. The third-order valence-electron chi connectivity index (χ3n) is 4.49. The van der Waals surface area contributed by atoms with E-state index in [1.54, 1.807) is 13.1 Å². The van der Waals surface area contributed by atoms with Gasteiger partial charge in [0, 0.05) is 23.9 Å². The third kappa shape index (κ3) is 3.18. The highest BCUT2D eigenvalue weighted by atomic mass is 16.3. The van der Waals surface area contributed by atoms with Crippen LogP contribution in [0.15, 0.2) is 27.7 Å². The van der Waals surface area contributed by atoms with Gasteiger partial charge in [-0.3, -0.25) is 14.8 Å². The maximum atomic E-state index is 12.5. The molecule has 6 nitrogen and oxygen atoms in total. The van der Waals surface area contributed by atoms with Crippen molar-refractivity contribution in [2.24, 2.45) is 15.4 Å². The molecule has 6 heteroatoms. The zero-order valence-electron chi connectivity index (χ0n) is 15.0. The maximum Gasteiger partial charge on any atom is 0.256 e. The molecule has 0 bridgehead atoms. The first-order valence-corrected chi connectivity index (χ1v) is 7.94. The lowest BCUT2D eigenvalue weighted by molar-refractivity contribution is 0.0954. The Bertz CT molecular complexity index is 842. The third-order valence-corrected chi connectivity index (χ3v) is 4.49. The summed E-state index contributed by atoms with van der Waals surface area (Å²) in [5.74, 6) is -0.586. The van der Waals surface area contributed by atoms with Gasteiger partial charge in [0.2, 0.25) is 0 Å². The van der Waals surface area contributed by atoms with Gasteiger partial charge in [-0.2, -0.15) is 5.26 Å². The lowest BCUT2D eigenvalue weighted by Gasteiger charge is -2.36. The fraction of sp³-hybridized carbons (Fsp3) is 0.368. The molecule has 1 aliphatic rings. The van der Waals surface area contributed by atoms with Crippen LogP contribution < -0.4 is 5.32 Å². The molecule has 0 aliphatic heterocycles. The number of benzene rings is 1. The molecule has 0 fully saturated rings. The predicted molar refractivity (Wildman–Crippen MR) is 99.0 cm³/mol. The van der Waals surface area contributed by atoms with Crippen molar-refractivity contribution in [3.8, 4) is 11.8 Å². The molecule has 25 heavy (non-hydrogen) atoms. The smallest absolute Gasteiger partial charge is 0.256 e. The van der Waals surface area contributed by atoms with Gasteiger partial charge in [-0.05, 0) is 43.2 Å². The van der Waals surface area contributed by atoms with Crippen LogP contribution in [0.4, 0.5) is 0 Å². The first-order valence-electron chi connectivity index (χ1n) is 7.94. The van der Waals surface area contributed by atoms with E-state index in [1.165, 1.54) is 6.07 Å². The molecule has 0 atom stereocenters. The number of nitrogens with zero attached hydrogens (tertiary/aromatic N) is 3. The Hall–Kier alpha value is -2.94. The molecule has 1 aromatic rings. The average Bonchev–Trinajstić information content (AvgIpc) is 2.56. The number of aliphatic imine (C=N–C) groups is 2. The lowest BCUT2D eigenvalue weighted by Crippen LogP contribution is -2.31. The van der Waals surface area contributed by atoms with Crippen LogP contribution in [0, 0.1) is 16.7 Å². The predicted octanol–water partition coefficient (Wildman–Crippen LogP) is 2.73. The van der Waals surface area contributed by atoms with Crippen molar-refractivity contribution < 1.29 is 9.90 Å². The molecule has 2 rings (SSSR count). The van der Waals surface area contributed by atoms with E-state index in [-0.39, 0.29) is 23.3 Å². The van der Waals surface area contributed by atoms with Crippen molar-refractivity contribution in [1.82, 2.24) is 5.32 Å². The zero-order chi connectivity index (χ0) is 18.8. The number of phenolic OH excluding ortho intramolecular Hbond substituents is 1. The van der Waals surface area contributed by atoms with E-state index in [9.17, 15) is 9.90 Å². The quantitative estimate of drug-likeness (QED) is 0.652. The number of phenols is 1. The van der Waals surface area contributed by atoms with Gasteiger partial charge in [0.15, 0.2) is 0 Å². The SMILES string of the molecule is C=NC1=C(C(C)=NC)C(C)(C)Cc2c1ccc(O)c2C(=O)NCC#N. The summed E-state index contributed by atoms with van der Waals surface area (Å²) in [6.45, 7) is 9.59. The average molecular weight is 338 g/mol. The molecule has 0 spiro atoms. The van der Waals surface area contributed by atoms with Crippen LogP contribution in [-0.4, -0.2) is 37.0 Å². The second kappa shape index (κ2) is 6.89. The van der Waals surface area contributed by atoms with Crippen molar-refractivity contribution in [3.05, 3.63) is 34.4 Å². The number of hydrogen-bond donors (Lipinski definition) is 2. The molecule has 0 unspecified atom stereocenters. The van der Waals surface area contributed by atoms with E-state index in [4.69, 9.17) is 5.26 Å². The summed E-state index contributed by atoms with van der Waals surface area (Å²) >= 11 is 0. The lowest BCUT2D eigenvalue weighted by atomic mass is 9.69. The van der Waals surface area contributed by atoms with Crippen molar-refractivity contribution in [3.63, 3.8) is 0 Å². The molecule has 0 saturated carbocycles. The van der Waals surface area contributed by atoms with Crippen LogP contribution in [-0.2, 0) is 6.42 Å². The number of fused-ring (bicyclic) bond motifs is 1. The van der Waals surface area contributed by atoms with Gasteiger partial charge in [0.25, 0.3) is 5.91 Å². The van der Waals surface area contributed by atoms with Crippen LogP contribution in [0.5, 0.6) is 5.75 Å². The van der Waals surface area contributed by atoms with Gasteiger partial charge < -0.3 is 10.4 Å². The largest absolute Gasteiger partial charge is 0.507 e. The number of carbonyl (C=O) groups is 1. The molecule has 0 aromatic heterocycles. The fourth-order valence-corrected chi connectivity index (χ4v) is 3.43. The first-order chi connectivity index (χ1) is 11.8. The molecule has 0 heterocycles. The van der Waals surface area contributed by atoms with Gasteiger partial charge in [-0.15, -0.1) is 0 Å². The molecule has 0 saturated heterocycles. The Labute approximate surface area is 147 Å². The molecular weight excluding hydrogens is 316 g/mol. The van der Waals surface area contributed by atoms with Crippen molar-refractivity contribution in [1.29, 1.82) is 5.26 Å². The summed E-state index contributed by atoms with van der Waals surface area (Å²) < 4.78 is 0. The van der Waals surface area contributed by atoms with Crippen LogP contribution in [0.2, 0.25) is 0 Å². The molecule has 1 aromatic carbocycles. The van der Waals surface area contributed by atoms with Gasteiger partial charge >= 0.3 is 0 Å². The normalized spacial score (nSPS) is 16.0. The van der Waals surface area contributed by atoms with Crippen molar-refractivity contribution >= 4 is 24.0 Å². The van der Waals surface area contributed by atoms with Crippen LogP contribution in [0.1, 0.15) is 42.3 Å². The Morgan fingerprint density at radius 1 is 1.48 bits per heavy atom. The number of nitrogens with one attached hydrogen (secondary N) is 1. The number of nitriles is 1. The van der Waals surface area contributed by atoms with E-state index in [1.807, 2.05) is 26.8 Å². The molecule has 1 amide bonds. The van der Waals surface area contributed by atoms with Crippen molar-refractivity contribution in [2.75, 3.05) is 13.6 Å². The van der Waals surface area contributed by atoms with Gasteiger partial charge in [0.05, 0.1) is 17.3 Å². The second-order valence-corrected chi connectivity index (χ2v) is 6.58. The minimum absolute atomic E-state index is 0.113. The number of allylic oxidation sites excluding steroid dienone is 1. The molecular formula is C19H22N4O2. The summed E-state index contributed by atoms with van der Waals surface area (Å²) in [6.07, 6.45) is 0.535. The summed E-state index contributed by atoms with van der Waals surface area (Å²) in [7, 11) is 1.73. The Morgan fingerprint density at radius 3 is 2.72 bits per heavy atom. The van der Waals surface area contributed by atoms with E-state index in [0.29, 0.717) is 17.7 Å². The number of aromatic hydroxyl groups is 1. The van der Waals surface area contributed by atoms with Crippen LogP contribution in [0.25, 0.3) is 5.70 Å². The van der Waals surface area contributed by atoms with E-state index < -0.39 is 5.91 Å². The van der Waals surface area contributed by atoms with Gasteiger partial charge in [-0.1, -0.05) is 13.8 Å². The Balaban J connectivity index is 2.78.